The normalized spacial score (nSPS) is 24.9. The highest BCUT2D eigenvalue weighted by Crippen LogP contribution is 2.50. The summed E-state index contributed by atoms with van der Waals surface area (Å²) in [5, 5.41) is 4.34. The van der Waals surface area contributed by atoms with Crippen LogP contribution in [-0.2, 0) is 18.3 Å². The third-order valence-electron chi connectivity index (χ3n) is 9.41. The summed E-state index contributed by atoms with van der Waals surface area (Å²) in [5.74, 6) is 2.06. The molecule has 0 unspecified atom stereocenters. The number of piperidine rings is 1. The first-order valence-electron chi connectivity index (χ1n) is 13.9. The molecule has 0 radical (unpaired) electrons. The van der Waals surface area contributed by atoms with E-state index in [1.807, 2.05) is 6.07 Å². The van der Waals surface area contributed by atoms with E-state index in [2.05, 4.69) is 59.6 Å². The van der Waals surface area contributed by atoms with Gasteiger partial charge in [-0.2, -0.15) is 0 Å². The number of allylic oxidation sites excluding steroid dienone is 2. The molecule has 4 aliphatic rings. The first-order valence-corrected chi connectivity index (χ1v) is 14.3. The molecule has 1 N–H and O–H groups in total. The number of anilines is 2. The molecule has 4 nitrogen and oxygen atoms in total. The highest BCUT2D eigenvalue weighted by atomic mass is 35.5. The van der Waals surface area contributed by atoms with Crippen molar-refractivity contribution >= 4 is 23.1 Å². The molecular weight excluding hydrogens is 464 g/mol. The highest BCUT2D eigenvalue weighted by molar-refractivity contribution is 6.30. The first kappa shape index (κ1) is 24.1. The number of likely N-dealkylation sites (tertiary alicyclic amines) is 1. The number of halogens is 1. The van der Waals surface area contributed by atoms with Gasteiger partial charge in [0.25, 0.3) is 0 Å². The molecule has 1 aromatic heterocycles. The van der Waals surface area contributed by atoms with Crippen molar-refractivity contribution in [2.75, 3.05) is 29.9 Å². The molecule has 190 valence electrons. The van der Waals surface area contributed by atoms with Crippen LogP contribution in [0.15, 0.2) is 55.0 Å². The fourth-order valence-electron chi connectivity index (χ4n) is 7.02. The zero-order chi connectivity index (χ0) is 24.9. The maximum Gasteiger partial charge on any atom is 0.136 e. The fourth-order valence-corrected chi connectivity index (χ4v) is 7.19. The van der Waals surface area contributed by atoms with Crippen LogP contribution in [0, 0.1) is 5.92 Å². The lowest BCUT2D eigenvalue weighted by Crippen LogP contribution is -2.46. The Morgan fingerprint density at radius 1 is 1.14 bits per heavy atom. The van der Waals surface area contributed by atoms with Crippen LogP contribution in [0.5, 0.6) is 0 Å². The van der Waals surface area contributed by atoms with E-state index in [9.17, 15) is 0 Å². The smallest absolute Gasteiger partial charge is 0.136 e. The fraction of sp³-hybridized carbons (Fsp3) is 0.516. The minimum Gasteiger partial charge on any atom is -0.358 e. The van der Waals surface area contributed by atoms with E-state index < -0.39 is 0 Å². The molecule has 6 rings (SSSR count). The molecule has 1 saturated heterocycles. The van der Waals surface area contributed by atoms with Crippen LogP contribution in [0.2, 0.25) is 5.02 Å². The van der Waals surface area contributed by atoms with Crippen molar-refractivity contribution in [2.45, 2.75) is 76.2 Å². The number of nitrogens with one attached hydrogen (secondary N) is 1. The van der Waals surface area contributed by atoms with Gasteiger partial charge in [-0.05, 0) is 112 Å². The molecular formula is C31H39ClN4. The minimum atomic E-state index is 0.0343. The number of hydrogen-bond acceptors (Lipinski definition) is 4. The van der Waals surface area contributed by atoms with Crippen LogP contribution in [0.1, 0.15) is 68.6 Å². The van der Waals surface area contributed by atoms with E-state index in [4.69, 9.17) is 16.6 Å². The predicted octanol–water partition coefficient (Wildman–Crippen LogP) is 7.10. The van der Waals surface area contributed by atoms with Gasteiger partial charge < -0.3 is 15.1 Å². The zero-order valence-electron chi connectivity index (χ0n) is 21.7. The Bertz CT molecular complexity index is 1170. The van der Waals surface area contributed by atoms with Crippen molar-refractivity contribution in [2.24, 2.45) is 5.92 Å². The molecule has 3 aliphatic heterocycles. The summed E-state index contributed by atoms with van der Waals surface area (Å²) in [7, 11) is 0. The summed E-state index contributed by atoms with van der Waals surface area (Å²) in [6.07, 6.45) is 12.6. The average molecular weight is 503 g/mol. The summed E-state index contributed by atoms with van der Waals surface area (Å²) in [4.78, 5) is 10.1. The molecule has 1 aromatic carbocycles. The van der Waals surface area contributed by atoms with Gasteiger partial charge in [0, 0.05) is 39.8 Å². The SMILES string of the molecule is C=C1CCc2cc(CCCN3CCC4(CC3)C(=C)Nc3ccc(Cl)cc34)cnc2N1C1CC(CC)C1. The molecule has 2 fully saturated rings. The standard InChI is InChI=1S/C31H39ClN4/c1-4-23-17-27(18-23)36-21(2)7-8-25-16-24(20-33-30(25)36)6-5-13-35-14-11-31(12-15-35)22(3)34-29-10-9-26(32)19-28(29)31/h9-10,16,19-20,23,27,34H,2-8,11-15,17-18H2,1H3. The number of hydrogen-bond donors (Lipinski definition) is 1. The molecule has 0 amide bonds. The average Bonchev–Trinajstić information content (AvgIpc) is 3.11. The summed E-state index contributed by atoms with van der Waals surface area (Å²) >= 11 is 6.35. The van der Waals surface area contributed by atoms with Gasteiger partial charge in [-0.3, -0.25) is 0 Å². The maximum atomic E-state index is 6.35. The molecule has 36 heavy (non-hydrogen) atoms. The third-order valence-corrected chi connectivity index (χ3v) is 9.65. The second kappa shape index (κ2) is 9.54. The number of aromatic nitrogens is 1. The number of aryl methyl sites for hydroxylation is 2. The Kier molecular flexibility index (Phi) is 6.37. The van der Waals surface area contributed by atoms with Crippen LogP contribution in [0.3, 0.4) is 0 Å². The van der Waals surface area contributed by atoms with Crippen LogP contribution in [0.25, 0.3) is 0 Å². The molecule has 1 saturated carbocycles. The van der Waals surface area contributed by atoms with E-state index >= 15 is 0 Å². The van der Waals surface area contributed by atoms with Gasteiger partial charge in [-0.25, -0.2) is 4.98 Å². The number of benzene rings is 1. The topological polar surface area (TPSA) is 31.4 Å². The first-order chi connectivity index (χ1) is 17.5. The lowest BCUT2D eigenvalue weighted by Gasteiger charge is -2.46. The number of fused-ring (bicyclic) bond motifs is 3. The number of nitrogens with zero attached hydrogens (tertiary/aromatic N) is 3. The Hall–Kier alpha value is -2.30. The Balaban J connectivity index is 1.04. The second-order valence-corrected chi connectivity index (χ2v) is 11.9. The van der Waals surface area contributed by atoms with Crippen molar-refractivity contribution in [3.8, 4) is 0 Å². The lowest BCUT2D eigenvalue weighted by molar-refractivity contribution is 0.179. The van der Waals surface area contributed by atoms with Crippen molar-refractivity contribution in [1.82, 2.24) is 9.88 Å². The summed E-state index contributed by atoms with van der Waals surface area (Å²) in [5.41, 5.74) is 7.76. The second-order valence-electron chi connectivity index (χ2n) is 11.5. The van der Waals surface area contributed by atoms with Gasteiger partial charge >= 0.3 is 0 Å². The van der Waals surface area contributed by atoms with Crippen LogP contribution in [0.4, 0.5) is 11.5 Å². The van der Waals surface area contributed by atoms with Gasteiger partial charge in [-0.15, -0.1) is 0 Å². The van der Waals surface area contributed by atoms with Gasteiger partial charge in [0.1, 0.15) is 5.82 Å². The molecule has 5 heteroatoms. The van der Waals surface area contributed by atoms with Crippen LogP contribution >= 0.6 is 11.6 Å². The molecule has 4 heterocycles. The monoisotopic (exact) mass is 502 g/mol. The third kappa shape index (κ3) is 4.16. The van der Waals surface area contributed by atoms with Gasteiger partial charge in [0.2, 0.25) is 0 Å². The van der Waals surface area contributed by atoms with E-state index in [-0.39, 0.29) is 5.41 Å². The van der Waals surface area contributed by atoms with Crippen molar-refractivity contribution < 1.29 is 0 Å². The minimum absolute atomic E-state index is 0.0343. The molecule has 1 spiro atoms. The maximum absolute atomic E-state index is 6.35. The zero-order valence-corrected chi connectivity index (χ0v) is 22.4. The van der Waals surface area contributed by atoms with Gasteiger partial charge in [0.05, 0.1) is 0 Å². The van der Waals surface area contributed by atoms with E-state index in [0.717, 1.165) is 68.4 Å². The molecule has 2 aromatic rings. The lowest BCUT2D eigenvalue weighted by atomic mass is 9.72. The van der Waals surface area contributed by atoms with Crippen molar-refractivity contribution in [3.63, 3.8) is 0 Å². The van der Waals surface area contributed by atoms with E-state index in [1.165, 1.54) is 59.6 Å². The quantitative estimate of drug-likeness (QED) is 0.456. The number of rotatable bonds is 6. The van der Waals surface area contributed by atoms with Gasteiger partial charge in [0.15, 0.2) is 0 Å². The summed E-state index contributed by atoms with van der Waals surface area (Å²) in [6.45, 7) is 14.4. The van der Waals surface area contributed by atoms with Crippen LogP contribution in [-0.4, -0.2) is 35.6 Å². The van der Waals surface area contributed by atoms with E-state index in [0.29, 0.717) is 6.04 Å². The predicted molar refractivity (Wildman–Crippen MR) is 151 cm³/mol. The van der Waals surface area contributed by atoms with Gasteiger partial charge in [-0.1, -0.05) is 44.2 Å². The van der Waals surface area contributed by atoms with Crippen molar-refractivity contribution in [3.05, 3.63) is 76.7 Å². The van der Waals surface area contributed by atoms with E-state index in [1.54, 1.807) is 0 Å². The van der Waals surface area contributed by atoms with Crippen LogP contribution < -0.4 is 10.2 Å². The Morgan fingerprint density at radius 3 is 2.72 bits per heavy atom. The molecule has 0 atom stereocenters. The summed E-state index contributed by atoms with van der Waals surface area (Å²) in [6, 6.07) is 9.24. The highest BCUT2D eigenvalue weighted by Gasteiger charge is 2.44. The molecule has 1 aliphatic carbocycles. The number of pyridine rings is 1. The molecule has 0 bridgehead atoms. The Labute approximate surface area is 221 Å². The summed E-state index contributed by atoms with van der Waals surface area (Å²) < 4.78 is 0. The van der Waals surface area contributed by atoms with Crippen molar-refractivity contribution in [1.29, 1.82) is 0 Å². The Morgan fingerprint density at radius 2 is 1.94 bits per heavy atom. The largest absolute Gasteiger partial charge is 0.358 e.